The average molecular weight is 367 g/mol. The monoisotopic (exact) mass is 367 g/mol. The molecule has 1 amide bonds. The van der Waals surface area contributed by atoms with Gasteiger partial charge in [-0.25, -0.2) is 0 Å². The molecule has 0 saturated carbocycles. The third-order valence-corrected chi connectivity index (χ3v) is 5.19. The zero-order valence-corrected chi connectivity index (χ0v) is 15.7. The highest BCUT2D eigenvalue weighted by Gasteiger charge is 2.30. The summed E-state index contributed by atoms with van der Waals surface area (Å²) in [5, 5.41) is 0. The highest BCUT2D eigenvalue weighted by atomic mass is 32.2. The first-order chi connectivity index (χ1) is 12.6. The van der Waals surface area contributed by atoms with Gasteiger partial charge in [0.25, 0.3) is 5.91 Å². The largest absolute Gasteiger partial charge is 0.465 e. The van der Waals surface area contributed by atoms with Crippen LogP contribution in [-0.4, -0.2) is 25.0 Å². The van der Waals surface area contributed by atoms with Crippen molar-refractivity contribution >= 4 is 35.4 Å². The van der Waals surface area contributed by atoms with Gasteiger partial charge < -0.3 is 4.74 Å². The number of ether oxygens (including phenoxy) is 1. The summed E-state index contributed by atoms with van der Waals surface area (Å²) in [6.07, 6.45) is 2.85. The molecule has 0 saturated heterocycles. The Labute approximate surface area is 157 Å². The summed E-state index contributed by atoms with van der Waals surface area (Å²) in [6.45, 7) is 4.07. The minimum atomic E-state index is -0.408. The van der Waals surface area contributed by atoms with E-state index in [1.807, 2.05) is 42.5 Å². The zero-order valence-electron chi connectivity index (χ0n) is 14.9. The maximum absolute atomic E-state index is 13.0. The van der Waals surface area contributed by atoms with Crippen molar-refractivity contribution in [1.29, 1.82) is 0 Å². The van der Waals surface area contributed by atoms with Gasteiger partial charge in [0.2, 0.25) is 0 Å². The molecule has 0 fully saturated rings. The van der Waals surface area contributed by atoms with Crippen molar-refractivity contribution in [1.82, 2.24) is 0 Å². The quantitative estimate of drug-likeness (QED) is 0.584. The second kappa shape index (κ2) is 8.23. The van der Waals surface area contributed by atoms with Gasteiger partial charge in [0, 0.05) is 4.90 Å². The Kier molecular flexibility index (Phi) is 5.78. The smallest absolute Gasteiger partial charge is 0.326 e. The third kappa shape index (κ3) is 3.99. The van der Waals surface area contributed by atoms with Crippen LogP contribution < -0.4 is 4.90 Å². The standard InChI is InChI=1S/C21H21NO3S/c1-3-15-9-11-16(12-10-15)13-19-21(24)22(14-20(23)25-4-2)17-7-5-6-8-18(17)26-19/h5-13H,3-4,14H2,1-2H3/b19-13-. The van der Waals surface area contributed by atoms with Crippen LogP contribution in [0.5, 0.6) is 0 Å². The second-order valence-corrected chi connectivity index (χ2v) is 6.95. The van der Waals surface area contributed by atoms with Crippen LogP contribution in [0, 0.1) is 0 Å². The number of rotatable bonds is 5. The maximum atomic E-state index is 13.0. The van der Waals surface area contributed by atoms with Crippen molar-refractivity contribution in [3.8, 4) is 0 Å². The van der Waals surface area contributed by atoms with E-state index in [0.717, 1.165) is 22.6 Å². The van der Waals surface area contributed by atoms with Crippen molar-refractivity contribution in [3.63, 3.8) is 0 Å². The minimum absolute atomic E-state index is 0.0869. The van der Waals surface area contributed by atoms with Gasteiger partial charge in [0.05, 0.1) is 17.2 Å². The Hall–Kier alpha value is -2.53. The van der Waals surface area contributed by atoms with Gasteiger partial charge in [-0.3, -0.25) is 14.5 Å². The molecule has 26 heavy (non-hydrogen) atoms. The molecule has 0 aromatic heterocycles. The number of fused-ring (bicyclic) bond motifs is 1. The molecule has 1 aliphatic rings. The SMILES string of the molecule is CCOC(=O)CN1C(=O)/C(=C/c2ccc(CC)cc2)Sc2ccccc21. The molecular formula is C21H21NO3S. The molecule has 0 spiro atoms. The Balaban J connectivity index is 1.94. The van der Waals surface area contributed by atoms with Crippen LogP contribution in [-0.2, 0) is 20.7 Å². The fourth-order valence-corrected chi connectivity index (χ4v) is 3.81. The number of benzene rings is 2. The zero-order chi connectivity index (χ0) is 18.5. The second-order valence-electron chi connectivity index (χ2n) is 5.87. The fourth-order valence-electron chi connectivity index (χ4n) is 2.76. The molecular weight excluding hydrogens is 346 g/mol. The summed E-state index contributed by atoms with van der Waals surface area (Å²) in [5.41, 5.74) is 2.96. The molecule has 2 aromatic carbocycles. The number of para-hydroxylation sites is 1. The number of anilines is 1. The summed E-state index contributed by atoms with van der Waals surface area (Å²) in [4.78, 5) is 28.0. The van der Waals surface area contributed by atoms with Gasteiger partial charge in [0.15, 0.2) is 0 Å². The summed E-state index contributed by atoms with van der Waals surface area (Å²) < 4.78 is 5.03. The molecule has 0 unspecified atom stereocenters. The van der Waals surface area contributed by atoms with E-state index in [4.69, 9.17) is 4.74 Å². The van der Waals surface area contributed by atoms with Gasteiger partial charge in [-0.2, -0.15) is 0 Å². The molecule has 1 aliphatic heterocycles. The van der Waals surface area contributed by atoms with Crippen LogP contribution in [0.2, 0.25) is 0 Å². The first kappa shape index (κ1) is 18.3. The van der Waals surface area contributed by atoms with Crippen molar-refractivity contribution < 1.29 is 14.3 Å². The van der Waals surface area contributed by atoms with E-state index < -0.39 is 5.97 Å². The van der Waals surface area contributed by atoms with E-state index >= 15 is 0 Å². The number of nitrogens with zero attached hydrogens (tertiary/aromatic N) is 1. The Morgan fingerprint density at radius 2 is 1.85 bits per heavy atom. The molecule has 0 aliphatic carbocycles. The first-order valence-corrected chi connectivity index (χ1v) is 9.49. The predicted molar refractivity (Wildman–Crippen MR) is 105 cm³/mol. The predicted octanol–water partition coefficient (Wildman–Crippen LogP) is 4.29. The molecule has 0 radical (unpaired) electrons. The van der Waals surface area contributed by atoms with Crippen molar-refractivity contribution in [2.75, 3.05) is 18.1 Å². The van der Waals surface area contributed by atoms with Crippen LogP contribution in [0.15, 0.2) is 58.3 Å². The van der Waals surface area contributed by atoms with E-state index in [1.54, 1.807) is 6.92 Å². The van der Waals surface area contributed by atoms with E-state index in [0.29, 0.717) is 11.5 Å². The first-order valence-electron chi connectivity index (χ1n) is 8.67. The van der Waals surface area contributed by atoms with Gasteiger partial charge in [-0.05, 0) is 42.7 Å². The van der Waals surface area contributed by atoms with Crippen molar-refractivity contribution in [2.45, 2.75) is 25.2 Å². The van der Waals surface area contributed by atoms with E-state index in [9.17, 15) is 9.59 Å². The van der Waals surface area contributed by atoms with E-state index in [-0.39, 0.29) is 12.5 Å². The van der Waals surface area contributed by atoms with Crippen molar-refractivity contribution in [3.05, 3.63) is 64.6 Å². The summed E-state index contributed by atoms with van der Waals surface area (Å²) in [7, 11) is 0. The number of aryl methyl sites for hydroxylation is 1. The fraction of sp³-hybridized carbons (Fsp3) is 0.238. The molecule has 5 heteroatoms. The number of carbonyl (C=O) groups is 2. The summed E-state index contributed by atoms with van der Waals surface area (Å²) in [5.74, 6) is -0.587. The molecule has 0 bridgehead atoms. The van der Waals surface area contributed by atoms with Crippen LogP contribution >= 0.6 is 11.8 Å². The normalized spacial score (nSPS) is 15.1. The molecule has 4 nitrogen and oxygen atoms in total. The van der Waals surface area contributed by atoms with Crippen LogP contribution in [0.25, 0.3) is 6.08 Å². The lowest BCUT2D eigenvalue weighted by atomic mass is 10.1. The number of amides is 1. The molecule has 1 heterocycles. The number of esters is 1. The highest BCUT2D eigenvalue weighted by Crippen LogP contribution is 2.41. The topological polar surface area (TPSA) is 46.6 Å². The number of thioether (sulfide) groups is 1. The maximum Gasteiger partial charge on any atom is 0.326 e. The molecule has 3 rings (SSSR count). The van der Waals surface area contributed by atoms with Crippen LogP contribution in [0.4, 0.5) is 5.69 Å². The van der Waals surface area contributed by atoms with E-state index in [1.165, 1.54) is 22.2 Å². The minimum Gasteiger partial charge on any atom is -0.465 e. The number of hydrogen-bond acceptors (Lipinski definition) is 4. The average Bonchev–Trinajstić information content (AvgIpc) is 2.66. The molecule has 0 atom stereocenters. The summed E-state index contributed by atoms with van der Waals surface area (Å²) in [6, 6.07) is 15.8. The van der Waals surface area contributed by atoms with Crippen LogP contribution in [0.3, 0.4) is 0 Å². The molecule has 134 valence electrons. The number of hydrogen-bond donors (Lipinski definition) is 0. The lowest BCUT2D eigenvalue weighted by Crippen LogP contribution is -2.39. The third-order valence-electron chi connectivity index (χ3n) is 4.11. The summed E-state index contributed by atoms with van der Waals surface area (Å²) >= 11 is 1.43. The van der Waals surface area contributed by atoms with Gasteiger partial charge >= 0.3 is 5.97 Å². The molecule has 2 aromatic rings. The number of carbonyl (C=O) groups excluding carboxylic acids is 2. The molecule has 0 N–H and O–H groups in total. The van der Waals surface area contributed by atoms with Gasteiger partial charge in [-0.15, -0.1) is 0 Å². The lowest BCUT2D eigenvalue weighted by Gasteiger charge is -2.29. The Morgan fingerprint density at radius 1 is 1.12 bits per heavy atom. The van der Waals surface area contributed by atoms with Crippen molar-refractivity contribution in [2.24, 2.45) is 0 Å². The Morgan fingerprint density at radius 3 is 2.54 bits per heavy atom. The lowest BCUT2D eigenvalue weighted by molar-refractivity contribution is -0.142. The van der Waals surface area contributed by atoms with E-state index in [2.05, 4.69) is 19.1 Å². The van der Waals surface area contributed by atoms with Gasteiger partial charge in [0.1, 0.15) is 6.54 Å². The Bertz CT molecular complexity index is 843. The van der Waals surface area contributed by atoms with Gasteiger partial charge in [-0.1, -0.05) is 55.1 Å². The van der Waals surface area contributed by atoms with Crippen LogP contribution in [0.1, 0.15) is 25.0 Å². The highest BCUT2D eigenvalue weighted by molar-refractivity contribution is 8.04.